The van der Waals surface area contributed by atoms with Crippen LogP contribution in [0.4, 0.5) is 5.69 Å². The average molecular weight is 334 g/mol. The molecule has 0 saturated heterocycles. The van der Waals surface area contributed by atoms with Crippen LogP contribution in [-0.4, -0.2) is 16.4 Å². The highest BCUT2D eigenvalue weighted by molar-refractivity contribution is 9.10. The number of hydrogen-bond acceptors (Lipinski definition) is 3. The monoisotopic (exact) mass is 333 g/mol. The Morgan fingerprint density at radius 2 is 2.35 bits per heavy atom. The summed E-state index contributed by atoms with van der Waals surface area (Å²) in [5, 5.41) is 7.55. The van der Waals surface area contributed by atoms with Crippen LogP contribution in [0.25, 0.3) is 0 Å². The van der Waals surface area contributed by atoms with Crippen LogP contribution in [0, 0.1) is 12.3 Å². The summed E-state index contributed by atoms with van der Waals surface area (Å²) in [6.45, 7) is 3.82. The first kappa shape index (κ1) is 14.5. The fraction of sp³-hybridized carbons (Fsp3) is 0.267. The van der Waals surface area contributed by atoms with Crippen LogP contribution in [0.5, 0.6) is 5.75 Å². The molecule has 0 bridgehead atoms. The van der Waals surface area contributed by atoms with Gasteiger partial charge in [-0.15, -0.1) is 6.42 Å². The van der Waals surface area contributed by atoms with E-state index in [2.05, 4.69) is 39.2 Å². The minimum Gasteiger partial charge on any atom is -0.481 e. The van der Waals surface area contributed by atoms with Crippen molar-refractivity contribution >= 4 is 21.6 Å². The van der Waals surface area contributed by atoms with Gasteiger partial charge in [0.05, 0.1) is 11.9 Å². The molecule has 1 aromatic carbocycles. The number of halogens is 1. The summed E-state index contributed by atoms with van der Waals surface area (Å²) >= 11 is 3.47. The maximum atomic E-state index is 5.54. The van der Waals surface area contributed by atoms with Gasteiger partial charge in [-0.25, -0.2) is 0 Å². The third-order valence-corrected chi connectivity index (χ3v) is 3.27. The highest BCUT2D eigenvalue weighted by Crippen LogP contribution is 2.24. The van der Waals surface area contributed by atoms with E-state index in [1.165, 1.54) is 0 Å². The zero-order valence-electron chi connectivity index (χ0n) is 11.3. The Balaban J connectivity index is 2.07. The number of anilines is 1. The highest BCUT2D eigenvalue weighted by Gasteiger charge is 2.05. The van der Waals surface area contributed by atoms with Gasteiger partial charge in [0.15, 0.2) is 0 Å². The first-order valence-corrected chi connectivity index (χ1v) is 7.13. The van der Waals surface area contributed by atoms with E-state index >= 15 is 0 Å². The molecule has 0 unspecified atom stereocenters. The molecule has 0 amide bonds. The number of benzene rings is 1. The molecule has 1 aromatic heterocycles. The van der Waals surface area contributed by atoms with Crippen molar-refractivity contribution in [3.63, 3.8) is 0 Å². The molecule has 4 nitrogen and oxygen atoms in total. The quantitative estimate of drug-likeness (QED) is 0.824. The van der Waals surface area contributed by atoms with Crippen molar-refractivity contribution in [2.75, 3.05) is 11.9 Å². The summed E-state index contributed by atoms with van der Waals surface area (Å²) in [5.74, 6) is 3.27. The van der Waals surface area contributed by atoms with Crippen LogP contribution in [0.3, 0.4) is 0 Å². The molecule has 0 fully saturated rings. The summed E-state index contributed by atoms with van der Waals surface area (Å²) < 4.78 is 8.42. The predicted molar refractivity (Wildman–Crippen MR) is 83.7 cm³/mol. The molecular weight excluding hydrogens is 318 g/mol. The van der Waals surface area contributed by atoms with Crippen molar-refractivity contribution < 1.29 is 4.74 Å². The summed E-state index contributed by atoms with van der Waals surface area (Å²) in [5.41, 5.74) is 2.02. The van der Waals surface area contributed by atoms with Crippen LogP contribution >= 0.6 is 15.9 Å². The standard InChI is InChI=1S/C15H16BrN3O/c1-3-7-20-15-6-5-13(16)8-12(15)9-17-14-10-18-19(4-2)11-14/h1,5-6,8,10-11,17H,4,7,9H2,2H3. The van der Waals surface area contributed by atoms with Gasteiger partial charge in [0.25, 0.3) is 0 Å². The molecule has 1 N–H and O–H groups in total. The fourth-order valence-electron chi connectivity index (χ4n) is 1.77. The van der Waals surface area contributed by atoms with Crippen LogP contribution in [-0.2, 0) is 13.1 Å². The van der Waals surface area contributed by atoms with Gasteiger partial charge in [-0.05, 0) is 25.1 Å². The van der Waals surface area contributed by atoms with Gasteiger partial charge in [0, 0.05) is 29.3 Å². The number of aromatic nitrogens is 2. The van der Waals surface area contributed by atoms with E-state index in [0.29, 0.717) is 6.54 Å². The van der Waals surface area contributed by atoms with Crippen molar-refractivity contribution in [1.82, 2.24) is 9.78 Å². The average Bonchev–Trinajstić information content (AvgIpc) is 2.92. The molecule has 5 heteroatoms. The molecule has 2 rings (SSSR count). The first-order chi connectivity index (χ1) is 9.72. The summed E-state index contributed by atoms with van der Waals surface area (Å²) in [4.78, 5) is 0. The van der Waals surface area contributed by atoms with E-state index in [1.54, 1.807) is 0 Å². The predicted octanol–water partition coefficient (Wildman–Crippen LogP) is 3.29. The molecule has 0 aliphatic carbocycles. The summed E-state index contributed by atoms with van der Waals surface area (Å²) in [7, 11) is 0. The van der Waals surface area contributed by atoms with Gasteiger partial charge in [-0.1, -0.05) is 21.9 Å². The maximum Gasteiger partial charge on any atom is 0.148 e. The molecule has 1 heterocycles. The van der Waals surface area contributed by atoms with Crippen molar-refractivity contribution in [3.05, 3.63) is 40.6 Å². The summed E-state index contributed by atoms with van der Waals surface area (Å²) in [6.07, 6.45) is 9.01. The van der Waals surface area contributed by atoms with Crippen LogP contribution in [0.2, 0.25) is 0 Å². The van der Waals surface area contributed by atoms with Gasteiger partial charge >= 0.3 is 0 Å². The largest absolute Gasteiger partial charge is 0.481 e. The van der Waals surface area contributed by atoms with Gasteiger partial charge in [-0.3, -0.25) is 4.68 Å². The molecule has 0 aliphatic heterocycles. The van der Waals surface area contributed by atoms with Crippen molar-refractivity contribution in [2.24, 2.45) is 0 Å². The lowest BCUT2D eigenvalue weighted by molar-refractivity contribution is 0.366. The third kappa shape index (κ3) is 3.78. The zero-order valence-corrected chi connectivity index (χ0v) is 12.9. The molecule has 104 valence electrons. The molecule has 20 heavy (non-hydrogen) atoms. The minimum atomic E-state index is 0.266. The number of aryl methyl sites for hydroxylation is 1. The van der Waals surface area contributed by atoms with Crippen molar-refractivity contribution in [3.8, 4) is 18.1 Å². The Morgan fingerprint density at radius 1 is 1.50 bits per heavy atom. The SMILES string of the molecule is C#CCOc1ccc(Br)cc1CNc1cnn(CC)c1. The van der Waals surface area contributed by atoms with Gasteiger partial charge in [0.2, 0.25) is 0 Å². The Hall–Kier alpha value is -1.93. The lowest BCUT2D eigenvalue weighted by Gasteiger charge is -2.11. The molecule has 2 aromatic rings. The van der Waals surface area contributed by atoms with Crippen molar-refractivity contribution in [1.29, 1.82) is 0 Å². The van der Waals surface area contributed by atoms with E-state index in [4.69, 9.17) is 11.2 Å². The molecule has 0 saturated carbocycles. The lowest BCUT2D eigenvalue weighted by Crippen LogP contribution is -2.03. The maximum absolute atomic E-state index is 5.54. The number of hydrogen-bond donors (Lipinski definition) is 1. The van der Waals surface area contributed by atoms with Gasteiger partial charge in [0.1, 0.15) is 12.4 Å². The first-order valence-electron chi connectivity index (χ1n) is 6.34. The second-order valence-electron chi connectivity index (χ2n) is 4.18. The smallest absolute Gasteiger partial charge is 0.148 e. The van der Waals surface area contributed by atoms with Gasteiger partial charge in [-0.2, -0.15) is 5.10 Å². The molecular formula is C15H16BrN3O. The Bertz CT molecular complexity index is 616. The van der Waals surface area contributed by atoms with Crippen LogP contribution in [0.15, 0.2) is 35.1 Å². The fourth-order valence-corrected chi connectivity index (χ4v) is 2.18. The zero-order chi connectivity index (χ0) is 14.4. The Labute approximate surface area is 127 Å². The number of nitrogens with one attached hydrogen (secondary N) is 1. The molecule has 0 aliphatic rings. The highest BCUT2D eigenvalue weighted by atomic mass is 79.9. The number of ether oxygens (including phenoxy) is 1. The number of terminal acetylenes is 1. The molecule has 0 atom stereocenters. The summed E-state index contributed by atoms with van der Waals surface area (Å²) in [6, 6.07) is 5.86. The Kier molecular flexibility index (Phi) is 5.08. The second kappa shape index (κ2) is 7.01. The van der Waals surface area contributed by atoms with E-state index in [1.807, 2.05) is 35.3 Å². The minimum absolute atomic E-state index is 0.266. The number of rotatable bonds is 6. The number of nitrogens with zero attached hydrogens (tertiary/aromatic N) is 2. The second-order valence-corrected chi connectivity index (χ2v) is 5.10. The normalized spacial score (nSPS) is 10.1. The van der Waals surface area contributed by atoms with E-state index in [9.17, 15) is 0 Å². The van der Waals surface area contributed by atoms with E-state index in [-0.39, 0.29) is 6.61 Å². The van der Waals surface area contributed by atoms with E-state index in [0.717, 1.165) is 28.0 Å². The lowest BCUT2D eigenvalue weighted by atomic mass is 10.2. The third-order valence-electron chi connectivity index (χ3n) is 2.77. The van der Waals surface area contributed by atoms with Gasteiger partial charge < -0.3 is 10.1 Å². The molecule has 0 spiro atoms. The van der Waals surface area contributed by atoms with Crippen molar-refractivity contribution in [2.45, 2.75) is 20.0 Å². The Morgan fingerprint density at radius 3 is 3.05 bits per heavy atom. The molecule has 0 radical (unpaired) electrons. The van der Waals surface area contributed by atoms with Crippen LogP contribution in [0.1, 0.15) is 12.5 Å². The van der Waals surface area contributed by atoms with E-state index < -0.39 is 0 Å². The van der Waals surface area contributed by atoms with Crippen LogP contribution < -0.4 is 10.1 Å². The topological polar surface area (TPSA) is 39.1 Å².